The monoisotopic (exact) mass is 251 g/mol. The molecule has 0 aromatic heterocycles. The van der Waals surface area contributed by atoms with E-state index in [1.165, 1.54) is 13.0 Å². The molecular weight excluding hydrogens is 237 g/mol. The van der Waals surface area contributed by atoms with Crippen molar-refractivity contribution in [3.8, 4) is 0 Å². The minimum Gasteiger partial charge on any atom is -0.480 e. The van der Waals surface area contributed by atoms with Gasteiger partial charge in [-0.3, -0.25) is 9.59 Å². The van der Waals surface area contributed by atoms with Crippen molar-refractivity contribution in [2.45, 2.75) is 31.2 Å². The Balaban J connectivity index is 2.20. The van der Waals surface area contributed by atoms with Crippen molar-refractivity contribution in [2.75, 3.05) is 0 Å². The first kappa shape index (κ1) is 12.5. The quantitative estimate of drug-likeness (QED) is 0.851. The maximum atomic E-state index is 13.7. The van der Waals surface area contributed by atoms with Gasteiger partial charge in [0, 0.05) is 5.56 Å². The highest BCUT2D eigenvalue weighted by molar-refractivity contribution is 5.93. The molecule has 1 saturated carbocycles. The Bertz CT molecular complexity index is 497. The predicted octanol–water partition coefficient (Wildman–Crippen LogP) is 1.45. The average molecular weight is 251 g/mol. The van der Waals surface area contributed by atoms with E-state index >= 15 is 0 Å². The van der Waals surface area contributed by atoms with Crippen LogP contribution in [-0.4, -0.2) is 23.0 Å². The molecule has 1 aliphatic rings. The van der Waals surface area contributed by atoms with Crippen LogP contribution in [0.3, 0.4) is 0 Å². The van der Waals surface area contributed by atoms with Gasteiger partial charge in [0.15, 0.2) is 0 Å². The van der Waals surface area contributed by atoms with E-state index in [0.717, 1.165) is 0 Å². The summed E-state index contributed by atoms with van der Waals surface area (Å²) in [5.41, 5.74) is -0.533. The number of nitrogens with one attached hydrogen (secondary N) is 1. The number of carbonyl (C=O) groups excluding carboxylic acids is 1. The first-order chi connectivity index (χ1) is 8.47. The molecule has 0 spiro atoms. The number of amides is 1. The van der Waals surface area contributed by atoms with Gasteiger partial charge in [-0.25, -0.2) is 4.39 Å². The fraction of sp³-hybridized carbons (Fsp3) is 0.385. The molecule has 0 saturated heterocycles. The summed E-state index contributed by atoms with van der Waals surface area (Å²) in [6.07, 6.45) is 1.10. The summed E-state index contributed by atoms with van der Waals surface area (Å²) in [4.78, 5) is 22.8. The van der Waals surface area contributed by atoms with E-state index < -0.39 is 29.2 Å². The largest absolute Gasteiger partial charge is 0.480 e. The van der Waals surface area contributed by atoms with Crippen LogP contribution in [0.1, 0.15) is 25.3 Å². The number of rotatable bonds is 4. The molecule has 0 aliphatic heterocycles. The summed E-state index contributed by atoms with van der Waals surface area (Å²) in [5.74, 6) is -1.94. The van der Waals surface area contributed by atoms with Gasteiger partial charge in [-0.1, -0.05) is 18.2 Å². The molecule has 1 amide bonds. The number of hydrogen-bond donors (Lipinski definition) is 2. The number of halogens is 1. The number of aliphatic carboxylic acids is 1. The Labute approximate surface area is 104 Å². The Hall–Kier alpha value is -1.91. The molecular formula is C13H14FNO3. The van der Waals surface area contributed by atoms with E-state index in [1.807, 2.05) is 0 Å². The van der Waals surface area contributed by atoms with Crippen molar-refractivity contribution in [1.29, 1.82) is 0 Å². The second-order valence-corrected chi connectivity index (χ2v) is 4.60. The zero-order valence-corrected chi connectivity index (χ0v) is 9.94. The summed E-state index contributed by atoms with van der Waals surface area (Å²) in [7, 11) is 0. The summed E-state index contributed by atoms with van der Waals surface area (Å²) in [6, 6.07) is 5.15. The summed E-state index contributed by atoms with van der Waals surface area (Å²) >= 11 is 0. The summed E-state index contributed by atoms with van der Waals surface area (Å²) in [6.45, 7) is 1.39. The maximum absolute atomic E-state index is 13.7. The lowest BCUT2D eigenvalue weighted by Crippen LogP contribution is -2.44. The second-order valence-electron chi connectivity index (χ2n) is 4.60. The first-order valence-electron chi connectivity index (χ1n) is 5.76. The fourth-order valence-electron chi connectivity index (χ4n) is 1.99. The van der Waals surface area contributed by atoms with Crippen molar-refractivity contribution in [3.63, 3.8) is 0 Å². The molecule has 4 nitrogen and oxygen atoms in total. The van der Waals surface area contributed by atoms with Gasteiger partial charge in [-0.2, -0.15) is 0 Å². The molecule has 2 rings (SSSR count). The minimum absolute atomic E-state index is 0.347. The average Bonchev–Trinajstić information content (AvgIpc) is 3.10. The third kappa shape index (κ3) is 2.08. The van der Waals surface area contributed by atoms with Crippen LogP contribution in [0, 0.1) is 5.82 Å². The van der Waals surface area contributed by atoms with Crippen LogP contribution in [0.15, 0.2) is 24.3 Å². The topological polar surface area (TPSA) is 66.4 Å². The van der Waals surface area contributed by atoms with Gasteiger partial charge in [-0.15, -0.1) is 0 Å². The SMILES string of the molecule is CC(NC(=O)C1(c2ccccc2F)CC1)C(=O)O. The van der Waals surface area contributed by atoms with E-state index in [1.54, 1.807) is 18.2 Å². The van der Waals surface area contributed by atoms with Gasteiger partial charge < -0.3 is 10.4 Å². The zero-order valence-electron chi connectivity index (χ0n) is 9.94. The normalized spacial score (nSPS) is 17.9. The Morgan fingerprint density at radius 1 is 1.39 bits per heavy atom. The van der Waals surface area contributed by atoms with Gasteiger partial charge in [-0.05, 0) is 25.8 Å². The number of carboxylic acid groups (broad SMARTS) is 1. The predicted molar refractivity (Wildman–Crippen MR) is 62.6 cm³/mol. The van der Waals surface area contributed by atoms with Gasteiger partial charge in [0.25, 0.3) is 0 Å². The maximum Gasteiger partial charge on any atom is 0.325 e. The van der Waals surface area contributed by atoms with E-state index in [4.69, 9.17) is 5.11 Å². The minimum atomic E-state index is -1.10. The van der Waals surface area contributed by atoms with Crippen LogP contribution in [0.4, 0.5) is 4.39 Å². The Kier molecular flexibility index (Phi) is 3.07. The Morgan fingerprint density at radius 2 is 2.00 bits per heavy atom. The molecule has 1 aliphatic carbocycles. The lowest BCUT2D eigenvalue weighted by Gasteiger charge is -2.18. The van der Waals surface area contributed by atoms with Crippen LogP contribution in [-0.2, 0) is 15.0 Å². The lowest BCUT2D eigenvalue weighted by atomic mass is 9.94. The van der Waals surface area contributed by atoms with Gasteiger partial charge >= 0.3 is 5.97 Å². The lowest BCUT2D eigenvalue weighted by molar-refractivity contribution is -0.141. The van der Waals surface area contributed by atoms with Crippen LogP contribution in [0.2, 0.25) is 0 Å². The highest BCUT2D eigenvalue weighted by Crippen LogP contribution is 2.49. The first-order valence-corrected chi connectivity index (χ1v) is 5.76. The Morgan fingerprint density at radius 3 is 2.50 bits per heavy atom. The van der Waals surface area contributed by atoms with Crippen molar-refractivity contribution < 1.29 is 19.1 Å². The van der Waals surface area contributed by atoms with Crippen LogP contribution >= 0.6 is 0 Å². The smallest absolute Gasteiger partial charge is 0.325 e. The van der Waals surface area contributed by atoms with Crippen molar-refractivity contribution in [2.24, 2.45) is 0 Å². The molecule has 1 unspecified atom stereocenters. The third-order valence-corrected chi connectivity index (χ3v) is 3.29. The summed E-state index contributed by atoms with van der Waals surface area (Å²) < 4.78 is 13.7. The van der Waals surface area contributed by atoms with Crippen LogP contribution in [0.25, 0.3) is 0 Å². The van der Waals surface area contributed by atoms with E-state index in [9.17, 15) is 14.0 Å². The number of carboxylic acids is 1. The molecule has 0 radical (unpaired) electrons. The van der Waals surface area contributed by atoms with Crippen LogP contribution in [0.5, 0.6) is 0 Å². The molecule has 2 N–H and O–H groups in total. The second kappa shape index (κ2) is 4.40. The molecule has 0 heterocycles. The van der Waals surface area contributed by atoms with Crippen molar-refractivity contribution in [1.82, 2.24) is 5.32 Å². The van der Waals surface area contributed by atoms with Crippen LogP contribution < -0.4 is 5.32 Å². The molecule has 1 aromatic rings. The highest BCUT2D eigenvalue weighted by Gasteiger charge is 2.53. The number of hydrogen-bond acceptors (Lipinski definition) is 2. The standard InChI is InChI=1S/C13H14FNO3/c1-8(11(16)17)15-12(18)13(6-7-13)9-4-2-3-5-10(9)14/h2-5,8H,6-7H2,1H3,(H,15,18)(H,16,17). The fourth-order valence-corrected chi connectivity index (χ4v) is 1.99. The molecule has 18 heavy (non-hydrogen) atoms. The van der Waals surface area contributed by atoms with E-state index in [0.29, 0.717) is 18.4 Å². The van der Waals surface area contributed by atoms with Crippen molar-refractivity contribution >= 4 is 11.9 Å². The van der Waals surface area contributed by atoms with Gasteiger partial charge in [0.2, 0.25) is 5.91 Å². The molecule has 0 bridgehead atoms. The number of carbonyl (C=O) groups is 2. The third-order valence-electron chi connectivity index (χ3n) is 3.29. The molecule has 96 valence electrons. The van der Waals surface area contributed by atoms with E-state index in [2.05, 4.69) is 5.32 Å². The van der Waals surface area contributed by atoms with Gasteiger partial charge in [0.1, 0.15) is 11.9 Å². The summed E-state index contributed by atoms with van der Waals surface area (Å²) in [5, 5.41) is 11.2. The molecule has 1 fully saturated rings. The molecule has 1 atom stereocenters. The molecule has 1 aromatic carbocycles. The molecule has 5 heteroatoms. The highest BCUT2D eigenvalue weighted by atomic mass is 19.1. The van der Waals surface area contributed by atoms with Gasteiger partial charge in [0.05, 0.1) is 5.41 Å². The number of benzene rings is 1. The van der Waals surface area contributed by atoms with E-state index in [-0.39, 0.29) is 0 Å². The van der Waals surface area contributed by atoms with Crippen molar-refractivity contribution in [3.05, 3.63) is 35.6 Å². The zero-order chi connectivity index (χ0) is 13.3.